The van der Waals surface area contributed by atoms with Crippen molar-refractivity contribution in [3.63, 3.8) is 0 Å². The van der Waals surface area contributed by atoms with Gasteiger partial charge in [0.15, 0.2) is 5.78 Å². The summed E-state index contributed by atoms with van der Waals surface area (Å²) in [5.74, 6) is 0.0569. The first-order valence-electron chi connectivity index (χ1n) is 19.6. The van der Waals surface area contributed by atoms with Crippen molar-refractivity contribution in [3.05, 3.63) is 252 Å². The Kier molecular flexibility index (Phi) is 7.62. The van der Waals surface area contributed by atoms with Gasteiger partial charge in [-0.2, -0.15) is 0 Å². The van der Waals surface area contributed by atoms with Crippen LogP contribution in [0.25, 0.3) is 66.8 Å². The molecule has 1 heteroatoms. The molecule has 1 nitrogen and oxygen atoms in total. The SMILES string of the molecule is O=C1c2cc(-c3cc(-c4ccccc4)cc(-c4ccccc4)c3)ccc2C2(c3cc(-c4cccc(-c5ccccc5)c4)ccc31)c1ccccc1-c1ccccc12. The van der Waals surface area contributed by atoms with Crippen LogP contribution in [0.4, 0.5) is 0 Å². The van der Waals surface area contributed by atoms with Gasteiger partial charge in [0.2, 0.25) is 0 Å². The monoisotopic (exact) mass is 724 g/mol. The summed E-state index contributed by atoms with van der Waals surface area (Å²) >= 11 is 0. The van der Waals surface area contributed by atoms with Crippen LogP contribution >= 0.6 is 0 Å². The van der Waals surface area contributed by atoms with Crippen molar-refractivity contribution >= 4 is 5.78 Å². The average Bonchev–Trinajstić information content (AvgIpc) is 3.59. The van der Waals surface area contributed by atoms with Crippen LogP contribution in [0, 0.1) is 0 Å². The number of fused-ring (bicyclic) bond motifs is 9. The van der Waals surface area contributed by atoms with Crippen molar-refractivity contribution in [1.29, 1.82) is 0 Å². The van der Waals surface area contributed by atoms with Crippen molar-refractivity contribution in [2.75, 3.05) is 0 Å². The largest absolute Gasteiger partial charge is 0.289 e. The fourth-order valence-electron chi connectivity index (χ4n) is 9.47. The Balaban J connectivity index is 1.14. The Morgan fingerprint density at radius 3 is 1.19 bits per heavy atom. The van der Waals surface area contributed by atoms with E-state index in [-0.39, 0.29) is 5.78 Å². The second-order valence-electron chi connectivity index (χ2n) is 15.2. The quantitative estimate of drug-likeness (QED) is 0.173. The molecule has 0 radical (unpaired) electrons. The molecule has 0 saturated carbocycles. The molecule has 57 heavy (non-hydrogen) atoms. The van der Waals surface area contributed by atoms with Gasteiger partial charge in [0, 0.05) is 11.1 Å². The van der Waals surface area contributed by atoms with Crippen LogP contribution in [0.1, 0.15) is 38.2 Å². The lowest BCUT2D eigenvalue weighted by molar-refractivity contribution is 0.103. The Morgan fingerprint density at radius 1 is 0.228 bits per heavy atom. The van der Waals surface area contributed by atoms with E-state index in [1.807, 2.05) is 0 Å². The second-order valence-corrected chi connectivity index (χ2v) is 15.2. The molecule has 0 bridgehead atoms. The zero-order chi connectivity index (χ0) is 37.9. The minimum Gasteiger partial charge on any atom is -0.289 e. The van der Waals surface area contributed by atoms with Gasteiger partial charge in [0.1, 0.15) is 0 Å². The van der Waals surface area contributed by atoms with Crippen LogP contribution in [-0.4, -0.2) is 5.78 Å². The summed E-state index contributed by atoms with van der Waals surface area (Å²) in [5, 5.41) is 0. The highest BCUT2D eigenvalue weighted by atomic mass is 16.1. The van der Waals surface area contributed by atoms with Crippen LogP contribution in [0.2, 0.25) is 0 Å². The third-order valence-corrected chi connectivity index (χ3v) is 12.1. The first-order valence-corrected chi connectivity index (χ1v) is 19.6. The summed E-state index contributed by atoms with van der Waals surface area (Å²) in [5.41, 5.74) is 18.9. The van der Waals surface area contributed by atoms with Gasteiger partial charge in [-0.3, -0.25) is 4.79 Å². The van der Waals surface area contributed by atoms with Crippen LogP contribution in [-0.2, 0) is 5.41 Å². The predicted octanol–water partition coefficient (Wildman–Crippen LogP) is 13.9. The van der Waals surface area contributed by atoms with Gasteiger partial charge in [-0.05, 0) is 125 Å². The van der Waals surface area contributed by atoms with Gasteiger partial charge in [0.25, 0.3) is 0 Å². The highest BCUT2D eigenvalue weighted by molar-refractivity contribution is 6.15. The Morgan fingerprint density at radius 2 is 0.614 bits per heavy atom. The van der Waals surface area contributed by atoms with Crippen molar-refractivity contribution in [3.8, 4) is 66.8 Å². The van der Waals surface area contributed by atoms with Crippen LogP contribution in [0.15, 0.2) is 218 Å². The minimum absolute atomic E-state index is 0.0569. The molecule has 1 spiro atoms. The van der Waals surface area contributed by atoms with Gasteiger partial charge in [-0.1, -0.05) is 182 Å². The molecule has 2 aliphatic carbocycles. The smallest absolute Gasteiger partial charge is 0.193 e. The number of ketones is 1. The Labute approximate surface area is 333 Å². The fraction of sp³-hybridized carbons (Fsp3) is 0.0179. The van der Waals surface area contributed by atoms with Crippen LogP contribution in [0.3, 0.4) is 0 Å². The van der Waals surface area contributed by atoms with Gasteiger partial charge in [0.05, 0.1) is 5.41 Å². The molecular formula is C56H36O. The normalized spacial score (nSPS) is 13.1. The summed E-state index contributed by atoms with van der Waals surface area (Å²) < 4.78 is 0. The zero-order valence-electron chi connectivity index (χ0n) is 31.2. The van der Waals surface area contributed by atoms with E-state index in [4.69, 9.17) is 0 Å². The molecule has 0 N–H and O–H groups in total. The van der Waals surface area contributed by atoms with Crippen molar-refractivity contribution in [2.45, 2.75) is 5.41 Å². The van der Waals surface area contributed by atoms with E-state index in [9.17, 15) is 0 Å². The van der Waals surface area contributed by atoms with Crippen molar-refractivity contribution in [2.24, 2.45) is 0 Å². The van der Waals surface area contributed by atoms with Crippen LogP contribution in [0.5, 0.6) is 0 Å². The number of carbonyl (C=O) groups is 1. The number of hydrogen-bond acceptors (Lipinski definition) is 1. The van der Waals surface area contributed by atoms with E-state index in [1.54, 1.807) is 0 Å². The number of benzene rings is 9. The molecule has 0 heterocycles. The summed E-state index contributed by atoms with van der Waals surface area (Å²) in [6.45, 7) is 0. The van der Waals surface area contributed by atoms with E-state index < -0.39 is 5.41 Å². The van der Waals surface area contributed by atoms with E-state index >= 15 is 4.79 Å². The fourth-order valence-corrected chi connectivity index (χ4v) is 9.47. The molecule has 0 aromatic heterocycles. The Hall–Kier alpha value is -7.35. The van der Waals surface area contributed by atoms with Crippen molar-refractivity contribution < 1.29 is 4.79 Å². The topological polar surface area (TPSA) is 17.1 Å². The molecule has 2 aliphatic rings. The predicted molar refractivity (Wildman–Crippen MR) is 234 cm³/mol. The molecule has 0 fully saturated rings. The minimum atomic E-state index is -0.682. The summed E-state index contributed by atoms with van der Waals surface area (Å²) in [6.07, 6.45) is 0. The molecule has 0 atom stereocenters. The van der Waals surface area contributed by atoms with E-state index in [2.05, 4.69) is 218 Å². The lowest BCUT2D eigenvalue weighted by atomic mass is 9.60. The van der Waals surface area contributed by atoms with E-state index in [0.29, 0.717) is 0 Å². The summed E-state index contributed by atoms with van der Waals surface area (Å²) in [4.78, 5) is 15.1. The second kappa shape index (κ2) is 13.2. The number of carbonyl (C=O) groups excluding carboxylic acids is 1. The standard InChI is InChI=1S/C56H36O/c57-55-49-29-27-43(41-22-14-21-40(31-41)37-15-4-1-5-16-37)36-54(49)56(51-25-12-10-23-47(51)48-24-11-13-26-52(48)56)53-30-28-42(35-50(53)55)46-33-44(38-17-6-2-7-18-38)32-45(34-46)39-19-8-3-9-20-39/h1-36H. The molecule has 266 valence electrons. The number of hydrogen-bond donors (Lipinski definition) is 0. The van der Waals surface area contributed by atoms with Gasteiger partial charge >= 0.3 is 0 Å². The van der Waals surface area contributed by atoms with Crippen molar-refractivity contribution in [1.82, 2.24) is 0 Å². The first-order chi connectivity index (χ1) is 28.2. The molecule has 11 rings (SSSR count). The molecule has 0 unspecified atom stereocenters. The van der Waals surface area contributed by atoms with E-state index in [1.165, 1.54) is 27.8 Å². The summed E-state index contributed by atoms with van der Waals surface area (Å²) in [7, 11) is 0. The molecule has 9 aromatic rings. The zero-order valence-corrected chi connectivity index (χ0v) is 31.2. The number of rotatable bonds is 5. The lowest BCUT2D eigenvalue weighted by Gasteiger charge is -2.40. The van der Waals surface area contributed by atoms with Crippen LogP contribution < -0.4 is 0 Å². The molecule has 9 aromatic carbocycles. The van der Waals surface area contributed by atoms with E-state index in [0.717, 1.165) is 72.3 Å². The molecule has 0 aliphatic heterocycles. The summed E-state index contributed by atoms with van der Waals surface area (Å²) in [6, 6.07) is 77.8. The third kappa shape index (κ3) is 5.20. The van der Waals surface area contributed by atoms with Gasteiger partial charge in [-0.25, -0.2) is 0 Å². The van der Waals surface area contributed by atoms with Gasteiger partial charge < -0.3 is 0 Å². The maximum atomic E-state index is 15.1. The maximum absolute atomic E-state index is 15.1. The maximum Gasteiger partial charge on any atom is 0.193 e. The molecule has 0 amide bonds. The highest BCUT2D eigenvalue weighted by Crippen LogP contribution is 2.60. The first kappa shape index (κ1) is 33.0. The lowest BCUT2D eigenvalue weighted by Crippen LogP contribution is -2.36. The molecule has 0 saturated heterocycles. The van der Waals surface area contributed by atoms with Gasteiger partial charge in [-0.15, -0.1) is 0 Å². The average molecular weight is 725 g/mol. The third-order valence-electron chi connectivity index (χ3n) is 12.1. The highest BCUT2D eigenvalue weighted by Gasteiger charge is 2.51. The molecular weight excluding hydrogens is 689 g/mol. The Bertz CT molecular complexity index is 2910.